The van der Waals surface area contributed by atoms with E-state index < -0.39 is 7.04 Å². The Balaban J connectivity index is 2.87. The fourth-order valence-electron chi connectivity index (χ4n) is 0.914. The van der Waals surface area contributed by atoms with Gasteiger partial charge < -0.3 is 9.47 Å². The van der Waals surface area contributed by atoms with Gasteiger partial charge in [-0.25, -0.2) is 0 Å². The van der Waals surface area contributed by atoms with Crippen molar-refractivity contribution in [3.05, 3.63) is 23.8 Å². The van der Waals surface area contributed by atoms with Gasteiger partial charge in [-0.15, -0.1) is 0 Å². The highest BCUT2D eigenvalue weighted by Crippen LogP contribution is 2.22. The van der Waals surface area contributed by atoms with Gasteiger partial charge in [0.15, 0.2) is 0 Å². The fraction of sp³-hybridized carbons (Fsp3) is 0.333. The Morgan fingerprint density at radius 1 is 1.36 bits per heavy atom. The van der Waals surface area contributed by atoms with Crippen molar-refractivity contribution in [3.8, 4) is 11.5 Å². The molecule has 0 aliphatic rings. The average Bonchev–Trinajstić information content (AvgIpc) is 2.01. The zero-order chi connectivity index (χ0) is 10.8. The van der Waals surface area contributed by atoms with Crippen molar-refractivity contribution in [2.45, 2.75) is 6.92 Å². The maximum absolute atomic E-state index is 6.92. The predicted octanol–water partition coefficient (Wildman–Crippen LogP) is 2.01. The first kappa shape index (κ1) is 4.65. The maximum Gasteiger partial charge on any atom is 0.122 e. The number of aryl methyl sites for hydroxylation is 1. The van der Waals surface area contributed by atoms with Crippen molar-refractivity contribution in [3.63, 3.8) is 0 Å². The minimum absolute atomic E-state index is 0.323. The van der Waals surface area contributed by atoms with Crippen molar-refractivity contribution >= 4 is 0 Å². The Hall–Kier alpha value is -1.18. The lowest BCUT2D eigenvalue weighted by molar-refractivity contribution is 0.400. The lowest BCUT2D eigenvalue weighted by Crippen LogP contribution is -1.88. The lowest BCUT2D eigenvalue weighted by Gasteiger charge is -2.05. The van der Waals surface area contributed by atoms with Gasteiger partial charge in [-0.1, -0.05) is 0 Å². The van der Waals surface area contributed by atoms with Crippen LogP contribution < -0.4 is 9.47 Å². The number of benzene rings is 1. The van der Waals surface area contributed by atoms with E-state index in [0.29, 0.717) is 11.5 Å². The van der Waals surface area contributed by atoms with E-state index in [4.69, 9.17) is 13.6 Å². The summed E-state index contributed by atoms with van der Waals surface area (Å²) < 4.78 is 30.5. The highest BCUT2D eigenvalue weighted by atomic mass is 16.5. The molecule has 1 rings (SSSR count). The lowest BCUT2D eigenvalue weighted by atomic mass is 10.2. The molecule has 2 nitrogen and oxygen atoms in total. The monoisotopic (exact) mass is 155 g/mol. The minimum atomic E-state index is -2.40. The molecule has 2 heteroatoms. The van der Waals surface area contributed by atoms with Gasteiger partial charge in [0.1, 0.15) is 11.5 Å². The third-order valence-corrected chi connectivity index (χ3v) is 1.48. The largest absolute Gasteiger partial charge is 0.497 e. The molecule has 0 saturated heterocycles. The van der Waals surface area contributed by atoms with Crippen LogP contribution in [0.25, 0.3) is 0 Å². The maximum atomic E-state index is 6.92. The Labute approximate surface area is 71.0 Å². The number of hydrogen-bond acceptors (Lipinski definition) is 2. The summed E-state index contributed by atoms with van der Waals surface area (Å²) in [7, 11) is -0.840. The van der Waals surface area contributed by atoms with Crippen molar-refractivity contribution in [1.29, 1.82) is 0 Å². The van der Waals surface area contributed by atoms with Crippen LogP contribution in [0, 0.1) is 6.92 Å². The molecule has 0 spiro atoms. The van der Waals surface area contributed by atoms with E-state index in [9.17, 15) is 0 Å². The number of ether oxygens (including phenoxy) is 2. The smallest absolute Gasteiger partial charge is 0.122 e. The molecule has 60 valence electrons. The molecule has 0 bridgehead atoms. The van der Waals surface area contributed by atoms with E-state index >= 15 is 0 Å². The van der Waals surface area contributed by atoms with Crippen LogP contribution in [0.1, 0.15) is 9.68 Å². The SMILES string of the molecule is [2H]C([2H])([2H])Oc1ccc(OC)c(C)c1. The molecule has 0 amide bonds. The van der Waals surface area contributed by atoms with Crippen LogP contribution in [-0.4, -0.2) is 14.1 Å². The third kappa shape index (κ3) is 1.64. The van der Waals surface area contributed by atoms with Crippen molar-refractivity contribution < 1.29 is 13.6 Å². The Kier molecular flexibility index (Phi) is 1.39. The Bertz CT molecular complexity index is 320. The summed E-state index contributed by atoms with van der Waals surface area (Å²) in [6.07, 6.45) is 0. The zero-order valence-corrected chi connectivity index (χ0v) is 6.55. The van der Waals surface area contributed by atoms with Crippen LogP contribution in [0.5, 0.6) is 11.5 Å². The van der Waals surface area contributed by atoms with Gasteiger partial charge in [0.25, 0.3) is 0 Å². The molecule has 0 fully saturated rings. The summed E-state index contributed by atoms with van der Waals surface area (Å²) in [5, 5.41) is 0. The highest BCUT2D eigenvalue weighted by Gasteiger charge is 1.97. The van der Waals surface area contributed by atoms with Crippen LogP contribution in [0.3, 0.4) is 0 Å². The molecule has 11 heavy (non-hydrogen) atoms. The molecule has 1 aromatic carbocycles. The summed E-state index contributed by atoms with van der Waals surface area (Å²) in [6.45, 7) is 1.82. The molecule has 0 N–H and O–H groups in total. The first-order valence-corrected chi connectivity index (χ1v) is 3.26. The first-order valence-electron chi connectivity index (χ1n) is 4.76. The predicted molar refractivity (Wildman–Crippen MR) is 44.3 cm³/mol. The van der Waals surface area contributed by atoms with Gasteiger partial charge in [0.05, 0.1) is 18.3 Å². The van der Waals surface area contributed by atoms with Crippen LogP contribution in [0.15, 0.2) is 18.2 Å². The van der Waals surface area contributed by atoms with Crippen LogP contribution >= 0.6 is 0 Å². The molecule has 0 unspecified atom stereocenters. The normalized spacial score (nSPS) is 14.5. The molecule has 0 aromatic heterocycles. The van der Waals surface area contributed by atoms with Crippen molar-refractivity contribution in [2.24, 2.45) is 0 Å². The quantitative estimate of drug-likeness (QED) is 0.650. The summed E-state index contributed by atoms with van der Waals surface area (Å²) in [4.78, 5) is 0. The average molecular weight is 155 g/mol. The molecule has 0 heterocycles. The highest BCUT2D eigenvalue weighted by molar-refractivity contribution is 5.39. The Morgan fingerprint density at radius 3 is 2.73 bits per heavy atom. The molecule has 0 saturated carbocycles. The van der Waals surface area contributed by atoms with E-state index in [2.05, 4.69) is 0 Å². The van der Waals surface area contributed by atoms with Crippen LogP contribution in [0.4, 0.5) is 0 Å². The minimum Gasteiger partial charge on any atom is -0.497 e. The van der Waals surface area contributed by atoms with Crippen LogP contribution in [0.2, 0.25) is 0 Å². The van der Waals surface area contributed by atoms with Gasteiger partial charge in [0.2, 0.25) is 0 Å². The van der Waals surface area contributed by atoms with Crippen LogP contribution in [-0.2, 0) is 0 Å². The summed E-state index contributed by atoms with van der Waals surface area (Å²) in [5.74, 6) is 1.03. The topological polar surface area (TPSA) is 18.5 Å². The van der Waals surface area contributed by atoms with Crippen molar-refractivity contribution in [2.75, 3.05) is 14.1 Å². The molecule has 0 aliphatic carbocycles. The number of rotatable bonds is 2. The summed E-state index contributed by atoms with van der Waals surface area (Å²) in [5.41, 5.74) is 0.842. The van der Waals surface area contributed by atoms with E-state index in [1.165, 1.54) is 0 Å². The van der Waals surface area contributed by atoms with E-state index in [1.54, 1.807) is 25.3 Å². The van der Waals surface area contributed by atoms with Gasteiger partial charge >= 0.3 is 0 Å². The molecule has 1 aromatic rings. The van der Waals surface area contributed by atoms with Crippen molar-refractivity contribution in [1.82, 2.24) is 0 Å². The molecule has 0 atom stereocenters. The van der Waals surface area contributed by atoms with Gasteiger partial charge in [-0.2, -0.15) is 0 Å². The summed E-state index contributed by atoms with van der Waals surface area (Å²) in [6, 6.07) is 4.87. The summed E-state index contributed by atoms with van der Waals surface area (Å²) >= 11 is 0. The molecule has 0 radical (unpaired) electrons. The standard InChI is InChI=1S/C9H12O2/c1-7-6-8(10-2)4-5-9(7)11-3/h4-6H,1-3H3/i2D3. The second-order valence-electron chi connectivity index (χ2n) is 2.23. The van der Waals surface area contributed by atoms with E-state index in [-0.39, 0.29) is 0 Å². The Morgan fingerprint density at radius 2 is 2.18 bits per heavy atom. The van der Waals surface area contributed by atoms with E-state index in [0.717, 1.165) is 5.56 Å². The van der Waals surface area contributed by atoms with Gasteiger partial charge in [-0.3, -0.25) is 0 Å². The van der Waals surface area contributed by atoms with Gasteiger partial charge in [-0.05, 0) is 30.7 Å². The number of hydrogen-bond donors (Lipinski definition) is 0. The zero-order valence-electron chi connectivity index (χ0n) is 9.55. The number of methoxy groups -OCH3 is 2. The molecular weight excluding hydrogens is 140 g/mol. The second-order valence-corrected chi connectivity index (χ2v) is 2.23. The molecule has 0 aliphatic heterocycles. The van der Waals surface area contributed by atoms with E-state index in [1.807, 2.05) is 6.92 Å². The first-order chi connectivity index (χ1) is 6.42. The second kappa shape index (κ2) is 3.28. The molecular formula is C9H12O2. The fourth-order valence-corrected chi connectivity index (χ4v) is 0.914. The van der Waals surface area contributed by atoms with Gasteiger partial charge in [0, 0.05) is 0 Å². The third-order valence-electron chi connectivity index (χ3n) is 1.48.